The number of ether oxygens (including phenoxy) is 1. The van der Waals surface area contributed by atoms with Gasteiger partial charge in [-0.25, -0.2) is 9.97 Å². The van der Waals surface area contributed by atoms with E-state index in [4.69, 9.17) is 4.74 Å². The van der Waals surface area contributed by atoms with Crippen molar-refractivity contribution in [3.63, 3.8) is 0 Å². The lowest BCUT2D eigenvalue weighted by atomic mass is 9.96. The Morgan fingerprint density at radius 2 is 1.88 bits per heavy atom. The maximum atomic E-state index is 5.40. The van der Waals surface area contributed by atoms with Crippen molar-refractivity contribution in [3.05, 3.63) is 18.1 Å². The van der Waals surface area contributed by atoms with Gasteiger partial charge in [-0.3, -0.25) is 0 Å². The molecule has 0 spiro atoms. The van der Waals surface area contributed by atoms with Gasteiger partial charge in [0.1, 0.15) is 12.1 Å². The van der Waals surface area contributed by atoms with Gasteiger partial charge in [-0.15, -0.1) is 0 Å². The summed E-state index contributed by atoms with van der Waals surface area (Å²) in [5.74, 6) is 1.67. The number of hydrogen-bond acceptors (Lipinski definition) is 4. The lowest BCUT2D eigenvalue weighted by molar-refractivity contribution is 0.0845. The molecule has 2 aliphatic heterocycles. The molecular formula is C13H19N3O. The Kier molecular flexibility index (Phi) is 3.22. The zero-order chi connectivity index (χ0) is 11.5. The van der Waals surface area contributed by atoms with E-state index in [1.807, 2.05) is 0 Å². The minimum Gasteiger partial charge on any atom is -0.381 e. The third-order valence-corrected chi connectivity index (χ3v) is 3.74. The monoisotopic (exact) mass is 233 g/mol. The molecule has 1 aromatic heterocycles. The molecule has 4 heteroatoms. The molecule has 0 N–H and O–H groups in total. The zero-order valence-corrected chi connectivity index (χ0v) is 10.1. The summed E-state index contributed by atoms with van der Waals surface area (Å²) >= 11 is 0. The van der Waals surface area contributed by atoms with Crippen LogP contribution < -0.4 is 4.90 Å². The number of hydrogen-bond donors (Lipinski definition) is 0. The van der Waals surface area contributed by atoms with Gasteiger partial charge in [-0.1, -0.05) is 0 Å². The molecule has 3 rings (SSSR count). The molecule has 92 valence electrons. The van der Waals surface area contributed by atoms with E-state index in [9.17, 15) is 0 Å². The van der Waals surface area contributed by atoms with E-state index in [1.54, 1.807) is 6.33 Å². The fourth-order valence-electron chi connectivity index (χ4n) is 2.70. The predicted octanol–water partition coefficient (Wildman–Crippen LogP) is 1.97. The lowest BCUT2D eigenvalue weighted by Crippen LogP contribution is -2.20. The van der Waals surface area contributed by atoms with Crippen molar-refractivity contribution in [2.75, 3.05) is 31.2 Å². The molecule has 0 aromatic carbocycles. The van der Waals surface area contributed by atoms with Gasteiger partial charge in [0.2, 0.25) is 0 Å². The van der Waals surface area contributed by atoms with E-state index < -0.39 is 0 Å². The van der Waals surface area contributed by atoms with Crippen LogP contribution in [0.5, 0.6) is 0 Å². The van der Waals surface area contributed by atoms with E-state index in [0.717, 1.165) is 45.0 Å². The Bertz CT molecular complexity index is 371. The van der Waals surface area contributed by atoms with E-state index in [0.29, 0.717) is 5.92 Å². The summed E-state index contributed by atoms with van der Waals surface area (Å²) in [5.41, 5.74) is 1.20. The second-order valence-corrected chi connectivity index (χ2v) is 4.88. The number of rotatable bonds is 2. The minimum absolute atomic E-state index is 0.563. The first-order valence-electron chi connectivity index (χ1n) is 6.58. The summed E-state index contributed by atoms with van der Waals surface area (Å²) in [6.07, 6.45) is 6.48. The molecule has 2 aliphatic rings. The normalized spacial score (nSPS) is 22.0. The molecule has 0 bridgehead atoms. The highest BCUT2D eigenvalue weighted by Gasteiger charge is 2.19. The van der Waals surface area contributed by atoms with Gasteiger partial charge in [0.05, 0.1) is 0 Å². The highest BCUT2D eigenvalue weighted by atomic mass is 16.5. The van der Waals surface area contributed by atoms with Crippen molar-refractivity contribution in [2.45, 2.75) is 31.6 Å². The molecule has 0 saturated carbocycles. The fourth-order valence-corrected chi connectivity index (χ4v) is 2.70. The Morgan fingerprint density at radius 1 is 1.12 bits per heavy atom. The minimum atomic E-state index is 0.563. The number of nitrogens with zero attached hydrogens (tertiary/aromatic N) is 3. The first kappa shape index (κ1) is 11.0. The zero-order valence-electron chi connectivity index (χ0n) is 10.1. The summed E-state index contributed by atoms with van der Waals surface area (Å²) in [4.78, 5) is 11.2. The molecule has 0 amide bonds. The Balaban J connectivity index is 1.77. The van der Waals surface area contributed by atoms with Gasteiger partial charge in [0, 0.05) is 44.0 Å². The van der Waals surface area contributed by atoms with E-state index in [1.165, 1.54) is 18.5 Å². The van der Waals surface area contributed by atoms with Gasteiger partial charge in [-0.05, 0) is 25.7 Å². The smallest absolute Gasteiger partial charge is 0.132 e. The van der Waals surface area contributed by atoms with Crippen molar-refractivity contribution in [1.82, 2.24) is 9.97 Å². The maximum absolute atomic E-state index is 5.40. The topological polar surface area (TPSA) is 38.2 Å². The molecule has 0 aliphatic carbocycles. The standard InChI is InChI=1S/C13H19N3O/c1-2-6-16(5-1)13-9-12(14-10-15-13)11-3-7-17-8-4-11/h9-11H,1-8H2. The van der Waals surface area contributed by atoms with Gasteiger partial charge >= 0.3 is 0 Å². The lowest BCUT2D eigenvalue weighted by Gasteiger charge is -2.23. The molecule has 2 fully saturated rings. The quantitative estimate of drug-likeness (QED) is 0.782. The summed E-state index contributed by atoms with van der Waals surface area (Å²) < 4.78 is 5.40. The summed E-state index contributed by atoms with van der Waals surface area (Å²) in [6, 6.07) is 2.18. The molecule has 0 radical (unpaired) electrons. The third-order valence-electron chi connectivity index (χ3n) is 3.74. The van der Waals surface area contributed by atoms with Crippen molar-refractivity contribution >= 4 is 5.82 Å². The largest absolute Gasteiger partial charge is 0.381 e. The number of aromatic nitrogens is 2. The fraction of sp³-hybridized carbons (Fsp3) is 0.692. The SMILES string of the molecule is c1nc(C2CCOCC2)cc(N2CCCC2)n1. The van der Waals surface area contributed by atoms with Crippen molar-refractivity contribution in [1.29, 1.82) is 0 Å². The van der Waals surface area contributed by atoms with Gasteiger partial charge in [0.15, 0.2) is 0 Å². The van der Waals surface area contributed by atoms with Crippen LogP contribution in [0.2, 0.25) is 0 Å². The van der Waals surface area contributed by atoms with Crippen LogP contribution in [-0.2, 0) is 4.74 Å². The molecule has 0 unspecified atom stereocenters. The van der Waals surface area contributed by atoms with E-state index >= 15 is 0 Å². The van der Waals surface area contributed by atoms with Crippen LogP contribution in [0.1, 0.15) is 37.3 Å². The maximum Gasteiger partial charge on any atom is 0.132 e. The first-order chi connectivity index (χ1) is 8.43. The van der Waals surface area contributed by atoms with Crippen LogP contribution >= 0.6 is 0 Å². The number of anilines is 1. The summed E-state index contributed by atoms with van der Waals surface area (Å²) in [7, 11) is 0. The van der Waals surface area contributed by atoms with Crippen molar-refractivity contribution < 1.29 is 4.74 Å². The van der Waals surface area contributed by atoms with Crippen molar-refractivity contribution in [3.8, 4) is 0 Å². The second kappa shape index (κ2) is 5.00. The Hall–Kier alpha value is -1.16. The molecule has 3 heterocycles. The van der Waals surface area contributed by atoms with E-state index in [2.05, 4.69) is 20.9 Å². The third kappa shape index (κ3) is 2.41. The van der Waals surface area contributed by atoms with Gasteiger partial charge in [0.25, 0.3) is 0 Å². The molecule has 2 saturated heterocycles. The van der Waals surface area contributed by atoms with Crippen LogP contribution in [0.15, 0.2) is 12.4 Å². The average Bonchev–Trinajstić information content (AvgIpc) is 2.94. The summed E-state index contributed by atoms with van der Waals surface area (Å²) in [5, 5.41) is 0. The predicted molar refractivity (Wildman–Crippen MR) is 66.3 cm³/mol. The molecular weight excluding hydrogens is 214 g/mol. The van der Waals surface area contributed by atoms with Crippen LogP contribution in [0.25, 0.3) is 0 Å². The molecule has 17 heavy (non-hydrogen) atoms. The first-order valence-corrected chi connectivity index (χ1v) is 6.58. The highest BCUT2D eigenvalue weighted by Crippen LogP contribution is 2.27. The van der Waals surface area contributed by atoms with Crippen LogP contribution in [0.3, 0.4) is 0 Å². The summed E-state index contributed by atoms with van der Waals surface area (Å²) in [6.45, 7) is 4.02. The van der Waals surface area contributed by atoms with Gasteiger partial charge in [-0.2, -0.15) is 0 Å². The van der Waals surface area contributed by atoms with Gasteiger partial charge < -0.3 is 9.64 Å². The second-order valence-electron chi connectivity index (χ2n) is 4.88. The molecule has 4 nitrogen and oxygen atoms in total. The van der Waals surface area contributed by atoms with Crippen LogP contribution in [-0.4, -0.2) is 36.3 Å². The average molecular weight is 233 g/mol. The Labute approximate surface area is 102 Å². The van der Waals surface area contributed by atoms with Crippen LogP contribution in [0, 0.1) is 0 Å². The molecule has 1 aromatic rings. The Morgan fingerprint density at radius 3 is 2.65 bits per heavy atom. The molecule has 0 atom stereocenters. The highest BCUT2D eigenvalue weighted by molar-refractivity contribution is 5.40. The van der Waals surface area contributed by atoms with Crippen LogP contribution in [0.4, 0.5) is 5.82 Å². The van der Waals surface area contributed by atoms with E-state index in [-0.39, 0.29) is 0 Å². The van der Waals surface area contributed by atoms with Crippen molar-refractivity contribution in [2.24, 2.45) is 0 Å².